The second kappa shape index (κ2) is 10.8. The first-order chi connectivity index (χ1) is 20.2. The van der Waals surface area contributed by atoms with E-state index in [0.717, 1.165) is 4.90 Å². The summed E-state index contributed by atoms with van der Waals surface area (Å²) in [6.45, 7) is 0. The number of hydrogen-bond acceptors (Lipinski definition) is 6. The number of carboxylic acids is 1. The maximum absolute atomic E-state index is 13.6. The first-order valence-electron chi connectivity index (χ1n) is 13.9. The molecule has 42 heavy (non-hydrogen) atoms. The van der Waals surface area contributed by atoms with Gasteiger partial charge in [0.1, 0.15) is 12.1 Å². The zero-order chi connectivity index (χ0) is 29.6. The summed E-state index contributed by atoms with van der Waals surface area (Å²) in [6.07, 6.45) is 2.63. The number of amides is 3. The molecule has 7 rings (SSSR count). The minimum Gasteiger partial charge on any atom is -0.480 e. The van der Waals surface area contributed by atoms with Gasteiger partial charge < -0.3 is 10.4 Å². The van der Waals surface area contributed by atoms with E-state index in [1.54, 1.807) is 66.7 Å². The van der Waals surface area contributed by atoms with E-state index in [1.807, 2.05) is 0 Å². The molecule has 0 radical (unpaired) electrons. The van der Waals surface area contributed by atoms with Crippen LogP contribution in [0.15, 0.2) is 83.8 Å². The number of carbonyl (C=O) groups is 4. The molecule has 11 heteroatoms. The van der Waals surface area contributed by atoms with Gasteiger partial charge in [0.05, 0.1) is 21.7 Å². The van der Waals surface area contributed by atoms with Crippen LogP contribution in [0.2, 0.25) is 0 Å². The Morgan fingerprint density at radius 3 is 1.98 bits per heavy atom. The lowest BCUT2D eigenvalue weighted by Gasteiger charge is -2.49. The molecule has 3 aromatic carbocycles. The first-order valence-corrected chi connectivity index (χ1v) is 15.3. The number of hydrogen-bond donors (Lipinski definition) is 2. The SMILES string of the molecule is O=C(O)C(Cc1ccc(N2C(=O)c3ccccc3C2=O)cc1)NC(=O)C1C2CCC(CC2)N1S(=O)(=O)c1ccccc1. The van der Waals surface area contributed by atoms with Gasteiger partial charge in [-0.1, -0.05) is 42.5 Å². The highest BCUT2D eigenvalue weighted by Crippen LogP contribution is 2.42. The number of carboxylic acid groups (broad SMARTS) is 1. The van der Waals surface area contributed by atoms with Gasteiger partial charge in [0.25, 0.3) is 11.8 Å². The monoisotopic (exact) mass is 587 g/mol. The molecule has 2 saturated heterocycles. The maximum atomic E-state index is 13.6. The Balaban J connectivity index is 1.20. The van der Waals surface area contributed by atoms with Crippen LogP contribution < -0.4 is 10.2 Å². The minimum absolute atomic E-state index is 0.0737. The van der Waals surface area contributed by atoms with Crippen LogP contribution in [0.25, 0.3) is 0 Å². The number of nitrogens with zero attached hydrogens (tertiary/aromatic N) is 2. The third-order valence-corrected chi connectivity index (χ3v) is 10.4. The number of rotatable bonds is 8. The van der Waals surface area contributed by atoms with Crippen LogP contribution in [0.4, 0.5) is 5.69 Å². The van der Waals surface area contributed by atoms with E-state index in [2.05, 4.69) is 5.32 Å². The van der Waals surface area contributed by atoms with Crippen molar-refractivity contribution in [2.75, 3.05) is 4.90 Å². The molecule has 2 atom stereocenters. The molecule has 2 unspecified atom stereocenters. The largest absolute Gasteiger partial charge is 0.480 e. The van der Waals surface area contributed by atoms with Crippen LogP contribution in [0.1, 0.15) is 52.0 Å². The van der Waals surface area contributed by atoms with E-state index in [1.165, 1.54) is 16.4 Å². The molecule has 3 aromatic rings. The normalized spacial score (nSPS) is 22.6. The Morgan fingerprint density at radius 1 is 0.833 bits per heavy atom. The van der Waals surface area contributed by atoms with Gasteiger partial charge in [-0.2, -0.15) is 4.31 Å². The maximum Gasteiger partial charge on any atom is 0.326 e. The smallest absolute Gasteiger partial charge is 0.326 e. The zero-order valence-corrected chi connectivity index (χ0v) is 23.4. The number of anilines is 1. The molecule has 3 aliphatic heterocycles. The molecule has 3 fully saturated rings. The predicted molar refractivity (Wildman–Crippen MR) is 152 cm³/mol. The lowest BCUT2D eigenvalue weighted by molar-refractivity contribution is -0.143. The summed E-state index contributed by atoms with van der Waals surface area (Å²) in [7, 11) is -3.98. The van der Waals surface area contributed by atoms with Crippen molar-refractivity contribution >= 4 is 39.4 Å². The third-order valence-electron chi connectivity index (χ3n) is 8.45. The number of piperidine rings is 2. The Labute approximate surface area is 243 Å². The van der Waals surface area contributed by atoms with Crippen molar-refractivity contribution < 1.29 is 32.7 Å². The highest BCUT2D eigenvalue weighted by molar-refractivity contribution is 7.89. The fraction of sp³-hybridized carbons (Fsp3) is 0.290. The number of fused-ring (bicyclic) bond motifs is 4. The first kappa shape index (κ1) is 27.8. The number of sulfonamides is 1. The van der Waals surface area contributed by atoms with Crippen molar-refractivity contribution in [2.24, 2.45) is 5.92 Å². The van der Waals surface area contributed by atoms with E-state index in [0.29, 0.717) is 48.1 Å². The Hall–Kier alpha value is -4.35. The van der Waals surface area contributed by atoms with Crippen molar-refractivity contribution in [2.45, 2.75) is 55.1 Å². The van der Waals surface area contributed by atoms with Crippen molar-refractivity contribution in [3.8, 4) is 0 Å². The van der Waals surface area contributed by atoms with E-state index < -0.39 is 45.8 Å². The summed E-state index contributed by atoms with van der Waals surface area (Å²) >= 11 is 0. The molecule has 216 valence electrons. The standard InChI is InChI=1S/C31H29N3O7S/c35-28(27-20-12-16-22(17-13-20)34(27)42(40,41)23-6-2-1-3-7-23)32-26(31(38)39)18-19-10-14-21(15-11-19)33-29(36)24-8-4-5-9-25(24)30(33)37/h1-11,14-15,20,22,26-27H,12-13,16-18H2,(H,32,35)(H,38,39). The summed E-state index contributed by atoms with van der Waals surface area (Å²) in [5.41, 5.74) is 1.54. The van der Waals surface area contributed by atoms with Crippen molar-refractivity contribution in [3.05, 3.63) is 95.6 Å². The molecule has 0 aromatic heterocycles. The van der Waals surface area contributed by atoms with Gasteiger partial charge in [-0.15, -0.1) is 0 Å². The van der Waals surface area contributed by atoms with Crippen molar-refractivity contribution in [1.82, 2.24) is 9.62 Å². The molecular weight excluding hydrogens is 558 g/mol. The molecule has 4 aliphatic rings. The third kappa shape index (κ3) is 4.78. The number of imide groups is 1. The van der Waals surface area contributed by atoms with Crippen LogP contribution in [-0.2, 0) is 26.0 Å². The van der Waals surface area contributed by atoms with Gasteiger partial charge in [0.2, 0.25) is 15.9 Å². The molecule has 2 bridgehead atoms. The predicted octanol–water partition coefficient (Wildman–Crippen LogP) is 3.23. The van der Waals surface area contributed by atoms with Crippen LogP contribution in [0.5, 0.6) is 0 Å². The van der Waals surface area contributed by atoms with E-state index in [-0.39, 0.29) is 23.3 Å². The molecule has 10 nitrogen and oxygen atoms in total. The van der Waals surface area contributed by atoms with Gasteiger partial charge in [-0.3, -0.25) is 14.4 Å². The van der Waals surface area contributed by atoms with Gasteiger partial charge >= 0.3 is 5.97 Å². The molecule has 2 N–H and O–H groups in total. The Bertz CT molecular complexity index is 1630. The highest BCUT2D eigenvalue weighted by atomic mass is 32.2. The highest BCUT2D eigenvalue weighted by Gasteiger charge is 2.51. The number of carbonyl (C=O) groups excluding carboxylic acids is 3. The van der Waals surface area contributed by atoms with Crippen molar-refractivity contribution in [3.63, 3.8) is 0 Å². The van der Waals surface area contributed by atoms with E-state index in [4.69, 9.17) is 0 Å². The van der Waals surface area contributed by atoms with Crippen LogP contribution in [0, 0.1) is 5.92 Å². The fourth-order valence-corrected chi connectivity index (χ4v) is 8.31. The van der Waals surface area contributed by atoms with Gasteiger partial charge in [-0.05, 0) is 73.6 Å². The second-order valence-electron chi connectivity index (χ2n) is 10.9. The number of aliphatic carboxylic acids is 1. The number of benzene rings is 3. The summed E-state index contributed by atoms with van der Waals surface area (Å²) in [5.74, 6) is -2.96. The molecule has 1 saturated carbocycles. The minimum atomic E-state index is -3.98. The summed E-state index contributed by atoms with van der Waals surface area (Å²) in [6, 6.07) is 18.2. The second-order valence-corrected chi connectivity index (χ2v) is 12.8. The Morgan fingerprint density at radius 2 is 1.40 bits per heavy atom. The topological polar surface area (TPSA) is 141 Å². The average Bonchev–Trinajstić information content (AvgIpc) is 3.27. The molecular formula is C31H29N3O7S. The molecule has 1 aliphatic carbocycles. The van der Waals surface area contributed by atoms with Gasteiger partial charge in [0.15, 0.2) is 0 Å². The van der Waals surface area contributed by atoms with Crippen molar-refractivity contribution in [1.29, 1.82) is 0 Å². The lowest BCUT2D eigenvalue weighted by Crippen LogP contribution is -2.63. The summed E-state index contributed by atoms with van der Waals surface area (Å²) in [4.78, 5) is 52.6. The average molecular weight is 588 g/mol. The quantitative estimate of drug-likeness (QED) is 0.386. The van der Waals surface area contributed by atoms with Gasteiger partial charge in [0, 0.05) is 12.5 Å². The zero-order valence-electron chi connectivity index (χ0n) is 22.5. The van der Waals surface area contributed by atoms with Crippen LogP contribution >= 0.6 is 0 Å². The fourth-order valence-electron chi connectivity index (χ4n) is 6.39. The summed E-state index contributed by atoms with van der Waals surface area (Å²) in [5, 5.41) is 12.6. The summed E-state index contributed by atoms with van der Waals surface area (Å²) < 4.78 is 28.6. The van der Waals surface area contributed by atoms with Gasteiger partial charge in [-0.25, -0.2) is 18.1 Å². The molecule has 3 amide bonds. The molecule has 0 spiro atoms. The van der Waals surface area contributed by atoms with E-state index in [9.17, 15) is 32.7 Å². The Kier molecular flexibility index (Phi) is 7.15. The molecule has 3 heterocycles. The lowest BCUT2D eigenvalue weighted by atomic mass is 9.76. The van der Waals surface area contributed by atoms with Crippen LogP contribution in [0.3, 0.4) is 0 Å². The number of nitrogens with one attached hydrogen (secondary N) is 1. The van der Waals surface area contributed by atoms with Crippen LogP contribution in [-0.4, -0.2) is 59.6 Å². The van der Waals surface area contributed by atoms with E-state index >= 15 is 0 Å².